The molecule has 0 aliphatic carbocycles. The highest BCUT2D eigenvalue weighted by Crippen LogP contribution is 2.31. The molecular formula is C25H23ClFN3O2. The number of anilines is 2. The Kier molecular flexibility index (Phi) is 6.42. The lowest BCUT2D eigenvalue weighted by atomic mass is 10.1. The van der Waals surface area contributed by atoms with E-state index in [1.165, 1.54) is 12.1 Å². The minimum absolute atomic E-state index is 0.155. The topological polar surface area (TPSA) is 52.6 Å². The van der Waals surface area contributed by atoms with Crippen molar-refractivity contribution in [3.8, 4) is 0 Å². The van der Waals surface area contributed by atoms with Gasteiger partial charge in [-0.15, -0.1) is 0 Å². The van der Waals surface area contributed by atoms with Crippen molar-refractivity contribution >= 4 is 34.9 Å². The van der Waals surface area contributed by atoms with Crippen molar-refractivity contribution in [1.29, 1.82) is 0 Å². The summed E-state index contributed by atoms with van der Waals surface area (Å²) in [6.45, 7) is 3.47. The van der Waals surface area contributed by atoms with Crippen LogP contribution in [0.3, 0.4) is 0 Å². The summed E-state index contributed by atoms with van der Waals surface area (Å²) in [4.78, 5) is 29.6. The Morgan fingerprint density at radius 2 is 1.81 bits per heavy atom. The molecule has 3 aromatic rings. The van der Waals surface area contributed by atoms with Crippen LogP contribution in [0.4, 0.5) is 20.6 Å². The second kappa shape index (κ2) is 9.40. The number of hydrogen-bond acceptors (Lipinski definition) is 2. The van der Waals surface area contributed by atoms with Crippen molar-refractivity contribution in [3.05, 3.63) is 94.3 Å². The van der Waals surface area contributed by atoms with E-state index in [0.29, 0.717) is 41.6 Å². The molecule has 1 N–H and O–H groups in total. The third-order valence-electron chi connectivity index (χ3n) is 5.41. The Hall–Kier alpha value is -3.38. The molecule has 164 valence electrons. The fourth-order valence-corrected chi connectivity index (χ4v) is 4.00. The molecule has 0 bridgehead atoms. The van der Waals surface area contributed by atoms with Gasteiger partial charge in [-0.05, 0) is 60.9 Å². The van der Waals surface area contributed by atoms with Gasteiger partial charge in [0, 0.05) is 19.6 Å². The average Bonchev–Trinajstić information content (AvgIpc) is 2.77. The number of halogens is 2. The molecule has 0 aromatic heterocycles. The summed E-state index contributed by atoms with van der Waals surface area (Å²) in [5.41, 5.74) is 3.36. The van der Waals surface area contributed by atoms with E-state index in [1.807, 2.05) is 25.1 Å². The molecule has 0 saturated carbocycles. The first-order valence-electron chi connectivity index (χ1n) is 10.4. The first-order valence-corrected chi connectivity index (χ1v) is 10.8. The Labute approximate surface area is 191 Å². The Bertz CT molecular complexity index is 1150. The lowest BCUT2D eigenvalue weighted by molar-refractivity contribution is 0.102. The van der Waals surface area contributed by atoms with E-state index in [9.17, 15) is 14.0 Å². The molecule has 32 heavy (non-hydrogen) atoms. The van der Waals surface area contributed by atoms with Crippen molar-refractivity contribution < 1.29 is 14.0 Å². The van der Waals surface area contributed by atoms with E-state index in [0.717, 1.165) is 17.5 Å². The van der Waals surface area contributed by atoms with Crippen LogP contribution >= 0.6 is 11.6 Å². The molecule has 1 saturated heterocycles. The van der Waals surface area contributed by atoms with Crippen LogP contribution < -0.4 is 10.2 Å². The highest BCUT2D eigenvalue weighted by atomic mass is 35.5. The monoisotopic (exact) mass is 451 g/mol. The van der Waals surface area contributed by atoms with E-state index >= 15 is 0 Å². The summed E-state index contributed by atoms with van der Waals surface area (Å²) >= 11 is 6.18. The molecular weight excluding hydrogens is 429 g/mol. The highest BCUT2D eigenvalue weighted by molar-refractivity contribution is 6.34. The smallest absolute Gasteiger partial charge is 0.320 e. The highest BCUT2D eigenvalue weighted by Gasteiger charge is 2.29. The number of amides is 3. The van der Waals surface area contributed by atoms with Gasteiger partial charge in [-0.2, -0.15) is 0 Å². The molecule has 7 heteroatoms. The SMILES string of the molecule is Cc1ccc(N2CCCN(Cc3ccc(F)cc3)C2=O)c(NC(=O)c2ccccc2Cl)c1. The third-order valence-corrected chi connectivity index (χ3v) is 5.74. The molecule has 1 heterocycles. The largest absolute Gasteiger partial charge is 0.324 e. The van der Waals surface area contributed by atoms with Crippen LogP contribution in [0.5, 0.6) is 0 Å². The molecule has 5 nitrogen and oxygen atoms in total. The van der Waals surface area contributed by atoms with Crippen LogP contribution in [-0.4, -0.2) is 29.9 Å². The van der Waals surface area contributed by atoms with E-state index in [1.54, 1.807) is 46.2 Å². The zero-order chi connectivity index (χ0) is 22.7. The number of nitrogens with one attached hydrogen (secondary N) is 1. The number of benzene rings is 3. The standard InChI is InChI=1S/C25H23ClFN3O2/c1-17-7-12-23(22(15-17)28-24(31)20-5-2-3-6-21(20)26)30-14-4-13-29(25(30)32)16-18-8-10-19(27)11-9-18/h2-3,5-12,15H,4,13-14,16H2,1H3,(H,28,31). The number of rotatable bonds is 5. The molecule has 0 radical (unpaired) electrons. The summed E-state index contributed by atoms with van der Waals surface area (Å²) in [6, 6.07) is 18.4. The summed E-state index contributed by atoms with van der Waals surface area (Å²) < 4.78 is 13.2. The summed E-state index contributed by atoms with van der Waals surface area (Å²) in [5, 5.41) is 3.28. The van der Waals surface area contributed by atoms with Gasteiger partial charge in [-0.3, -0.25) is 9.69 Å². The van der Waals surface area contributed by atoms with Crippen LogP contribution in [0.2, 0.25) is 5.02 Å². The van der Waals surface area contributed by atoms with E-state index < -0.39 is 0 Å². The molecule has 4 rings (SSSR count). The Morgan fingerprint density at radius 3 is 2.56 bits per heavy atom. The zero-order valence-corrected chi connectivity index (χ0v) is 18.4. The number of carbonyl (C=O) groups excluding carboxylic acids is 2. The van der Waals surface area contributed by atoms with Crippen LogP contribution in [0.25, 0.3) is 0 Å². The molecule has 0 spiro atoms. The Morgan fingerprint density at radius 1 is 1.06 bits per heavy atom. The normalized spacial score (nSPS) is 13.9. The molecule has 3 aromatic carbocycles. The van der Waals surface area contributed by atoms with Crippen molar-refractivity contribution in [2.75, 3.05) is 23.3 Å². The van der Waals surface area contributed by atoms with Crippen LogP contribution in [0, 0.1) is 12.7 Å². The van der Waals surface area contributed by atoms with Gasteiger partial charge in [0.15, 0.2) is 0 Å². The molecule has 0 atom stereocenters. The maximum absolute atomic E-state index is 13.3. The molecule has 1 aliphatic heterocycles. The molecule has 0 unspecified atom stereocenters. The van der Waals surface area contributed by atoms with Gasteiger partial charge in [-0.25, -0.2) is 9.18 Å². The lowest BCUT2D eigenvalue weighted by Crippen LogP contribution is -2.49. The molecule has 3 amide bonds. The van der Waals surface area contributed by atoms with Crippen molar-refractivity contribution in [2.24, 2.45) is 0 Å². The first kappa shape index (κ1) is 21.8. The maximum atomic E-state index is 13.3. The van der Waals surface area contributed by atoms with Crippen molar-refractivity contribution in [1.82, 2.24) is 4.90 Å². The van der Waals surface area contributed by atoms with E-state index in [2.05, 4.69) is 5.32 Å². The second-order valence-corrected chi connectivity index (χ2v) is 8.20. The third kappa shape index (κ3) is 4.75. The number of hydrogen-bond donors (Lipinski definition) is 1. The predicted octanol–water partition coefficient (Wildman–Crippen LogP) is 5.87. The van der Waals surface area contributed by atoms with E-state index in [4.69, 9.17) is 11.6 Å². The number of carbonyl (C=O) groups is 2. The van der Waals surface area contributed by atoms with Gasteiger partial charge < -0.3 is 10.2 Å². The van der Waals surface area contributed by atoms with Gasteiger partial charge in [0.2, 0.25) is 0 Å². The first-order chi connectivity index (χ1) is 15.4. The van der Waals surface area contributed by atoms with Gasteiger partial charge in [0.05, 0.1) is 22.0 Å². The quantitative estimate of drug-likeness (QED) is 0.527. The van der Waals surface area contributed by atoms with Gasteiger partial charge in [0.1, 0.15) is 5.82 Å². The van der Waals surface area contributed by atoms with Gasteiger partial charge >= 0.3 is 6.03 Å². The van der Waals surface area contributed by atoms with Crippen molar-refractivity contribution in [2.45, 2.75) is 19.9 Å². The van der Waals surface area contributed by atoms with Gasteiger partial charge in [-0.1, -0.05) is 41.9 Å². The minimum atomic E-state index is -0.338. The number of aryl methyl sites for hydroxylation is 1. The summed E-state index contributed by atoms with van der Waals surface area (Å²) in [7, 11) is 0. The summed E-state index contributed by atoms with van der Waals surface area (Å²) in [6.07, 6.45) is 0.776. The van der Waals surface area contributed by atoms with Crippen molar-refractivity contribution in [3.63, 3.8) is 0 Å². The fraction of sp³-hybridized carbons (Fsp3) is 0.200. The maximum Gasteiger partial charge on any atom is 0.324 e. The number of nitrogens with zero attached hydrogens (tertiary/aromatic N) is 2. The Balaban J connectivity index is 1.58. The average molecular weight is 452 g/mol. The van der Waals surface area contributed by atoms with Crippen LogP contribution in [0.15, 0.2) is 66.7 Å². The molecule has 1 fully saturated rings. The van der Waals surface area contributed by atoms with Crippen LogP contribution in [0.1, 0.15) is 27.9 Å². The summed E-state index contributed by atoms with van der Waals surface area (Å²) in [5.74, 6) is -0.644. The second-order valence-electron chi connectivity index (χ2n) is 7.79. The number of urea groups is 1. The minimum Gasteiger partial charge on any atom is -0.320 e. The molecule has 1 aliphatic rings. The lowest BCUT2D eigenvalue weighted by Gasteiger charge is -2.36. The van der Waals surface area contributed by atoms with Crippen LogP contribution in [-0.2, 0) is 6.54 Å². The zero-order valence-electron chi connectivity index (χ0n) is 17.6. The fourth-order valence-electron chi connectivity index (χ4n) is 3.78. The predicted molar refractivity (Wildman–Crippen MR) is 125 cm³/mol. The van der Waals surface area contributed by atoms with Gasteiger partial charge in [0.25, 0.3) is 5.91 Å². The van der Waals surface area contributed by atoms with E-state index in [-0.39, 0.29) is 17.8 Å².